The summed E-state index contributed by atoms with van der Waals surface area (Å²) in [6, 6.07) is -0.340. The normalized spacial score (nSPS) is 50.3. The van der Waals surface area contributed by atoms with E-state index in [1.54, 1.807) is 14.0 Å². The number of cyclic esters (lactones) is 1. The lowest BCUT2D eigenvalue weighted by atomic mass is 9.76. The maximum Gasteiger partial charge on any atom is 0.311 e. The van der Waals surface area contributed by atoms with E-state index in [0.717, 1.165) is 0 Å². The fourth-order valence-corrected chi connectivity index (χ4v) is 9.50. The predicted octanol–water partition coefficient (Wildman–Crippen LogP) is 3.01. The van der Waals surface area contributed by atoms with Crippen molar-refractivity contribution in [3.05, 3.63) is 0 Å². The minimum Gasteiger partial charge on any atom is -0.459 e. The molecule has 4 aliphatic heterocycles. The topological polar surface area (TPSA) is 166 Å². The highest BCUT2D eigenvalue weighted by Crippen LogP contribution is 2.48. The van der Waals surface area contributed by atoms with Crippen molar-refractivity contribution in [3.8, 4) is 0 Å². The molecular formula is C38H69NO12. The minimum atomic E-state index is -1.77. The quantitative estimate of drug-likeness (QED) is 0.256. The molecule has 0 aromatic carbocycles. The smallest absolute Gasteiger partial charge is 0.311 e. The number of fused-ring (bicyclic) bond motifs is 2. The number of likely N-dealkylation sites (N-methyl/N-ethyl adjacent to an activating group) is 1. The van der Waals surface area contributed by atoms with Gasteiger partial charge in [0.2, 0.25) is 0 Å². The summed E-state index contributed by atoms with van der Waals surface area (Å²) in [5, 5.41) is 44.9. The third-order valence-electron chi connectivity index (χ3n) is 12.5. The molecule has 298 valence electrons. The molecule has 0 aliphatic carbocycles. The lowest BCUT2D eigenvalue weighted by molar-refractivity contribution is -0.312. The van der Waals surface area contributed by atoms with Crippen LogP contribution in [-0.2, 0) is 38.0 Å². The van der Waals surface area contributed by atoms with E-state index in [1.165, 1.54) is 6.92 Å². The highest BCUT2D eigenvalue weighted by atomic mass is 16.7. The molecule has 4 saturated heterocycles. The number of esters is 1. The van der Waals surface area contributed by atoms with Gasteiger partial charge in [-0.15, -0.1) is 0 Å². The van der Waals surface area contributed by atoms with Gasteiger partial charge in [-0.2, -0.15) is 0 Å². The van der Waals surface area contributed by atoms with E-state index in [9.17, 15) is 25.2 Å². The SMILES string of the molecule is CC[C@@H]1OC(=O)[C@H](C)[C@@H](O[C@H]2C[C@@](C)(OC)C[C@H](C)O2)[C@H](C)[C@@H](O[C@@H]2O[C@H](C)C[C@H](N(C)CCO)[C@H]2O)[C@@]2(C)C[C@@H](C)[C@@H](O2)[C@@H](C)[C@@H](O)[C@]1(C)O. The molecule has 51 heavy (non-hydrogen) atoms. The Kier molecular flexibility index (Phi) is 14.1. The van der Waals surface area contributed by atoms with Crippen molar-refractivity contribution >= 4 is 5.97 Å². The van der Waals surface area contributed by atoms with Gasteiger partial charge in [-0.05, 0) is 73.8 Å². The molecule has 0 radical (unpaired) electrons. The summed E-state index contributed by atoms with van der Waals surface area (Å²) in [4.78, 5) is 16.1. The van der Waals surface area contributed by atoms with E-state index in [-0.39, 0.29) is 37.2 Å². The lowest BCUT2D eigenvalue weighted by Gasteiger charge is -2.48. The summed E-state index contributed by atoms with van der Waals surface area (Å²) in [6.07, 6.45) is -5.21. The van der Waals surface area contributed by atoms with Crippen LogP contribution in [0.4, 0.5) is 0 Å². The van der Waals surface area contributed by atoms with Gasteiger partial charge in [0, 0.05) is 44.4 Å². The van der Waals surface area contributed by atoms with Gasteiger partial charge >= 0.3 is 5.97 Å². The minimum absolute atomic E-state index is 0.0550. The highest BCUT2D eigenvalue weighted by molar-refractivity contribution is 5.73. The first-order chi connectivity index (χ1) is 23.7. The molecule has 13 heteroatoms. The van der Waals surface area contributed by atoms with Gasteiger partial charge in [0.15, 0.2) is 12.6 Å². The Morgan fingerprint density at radius 2 is 1.61 bits per heavy atom. The molecule has 0 aromatic rings. The van der Waals surface area contributed by atoms with Crippen molar-refractivity contribution < 1.29 is 58.4 Å². The molecule has 0 spiro atoms. The average molecular weight is 732 g/mol. The summed E-state index contributed by atoms with van der Waals surface area (Å²) in [5.41, 5.74) is -3.28. The van der Waals surface area contributed by atoms with Gasteiger partial charge in [0.05, 0.1) is 60.4 Å². The fourth-order valence-electron chi connectivity index (χ4n) is 9.50. The third-order valence-corrected chi connectivity index (χ3v) is 12.5. The van der Waals surface area contributed by atoms with Crippen LogP contribution in [0.25, 0.3) is 0 Å². The first kappa shape index (κ1) is 42.8. The lowest BCUT2D eigenvalue weighted by Crippen LogP contribution is -2.60. The number of carbonyl (C=O) groups excluding carboxylic acids is 1. The number of hydrogen-bond acceptors (Lipinski definition) is 13. The summed E-state index contributed by atoms with van der Waals surface area (Å²) in [6.45, 7) is 19.1. The number of aliphatic hydroxyl groups is 4. The van der Waals surface area contributed by atoms with Crippen LogP contribution in [0, 0.1) is 23.7 Å². The van der Waals surface area contributed by atoms with E-state index in [4.69, 9.17) is 33.2 Å². The number of hydrogen-bond donors (Lipinski definition) is 4. The number of carbonyl (C=O) groups is 1. The standard InChI is InChI=1S/C38H69NO12/c1-13-27-38(10,44)32(42)23(5)30-20(2)17-37(9,51-30)33(50-35-29(41)26(16-21(3)47-35)39(11)14-15-40)24(6)31(25(7)34(43)48-27)49-28-19-36(8,45-12)18-22(4)46-28/h20-33,35,40-42,44H,13-19H2,1-12H3/t20-,21-,22+,23-,24+,25-,26+,27+,28+,29-,30-,31+,32-,33-,35+,36+,37-,38-/m1/s1. The fraction of sp³-hybridized carbons (Fsp3) is 0.974. The molecular weight excluding hydrogens is 662 g/mol. The van der Waals surface area contributed by atoms with E-state index >= 15 is 0 Å². The second-order valence-electron chi connectivity index (χ2n) is 17.0. The molecule has 13 nitrogen and oxygen atoms in total. The van der Waals surface area contributed by atoms with E-state index in [1.807, 2.05) is 60.4 Å². The van der Waals surface area contributed by atoms with Crippen LogP contribution in [0.3, 0.4) is 0 Å². The van der Waals surface area contributed by atoms with Crippen LogP contribution in [0.2, 0.25) is 0 Å². The molecule has 0 aromatic heterocycles. The molecule has 4 heterocycles. The maximum atomic E-state index is 14.1. The summed E-state index contributed by atoms with van der Waals surface area (Å²) < 4.78 is 45.3. The monoisotopic (exact) mass is 731 g/mol. The van der Waals surface area contributed by atoms with Gasteiger partial charge in [-0.25, -0.2) is 0 Å². The number of nitrogens with zero attached hydrogens (tertiary/aromatic N) is 1. The van der Waals surface area contributed by atoms with Gasteiger partial charge in [-0.1, -0.05) is 27.7 Å². The first-order valence-corrected chi connectivity index (χ1v) is 19.2. The zero-order valence-electron chi connectivity index (χ0n) is 33.1. The molecule has 4 rings (SSSR count). The van der Waals surface area contributed by atoms with Crippen molar-refractivity contribution in [3.63, 3.8) is 0 Å². The maximum absolute atomic E-state index is 14.1. The van der Waals surface area contributed by atoms with Gasteiger partial charge < -0.3 is 53.6 Å². The molecule has 0 amide bonds. The highest BCUT2D eigenvalue weighted by Gasteiger charge is 2.57. The molecule has 4 aliphatic rings. The van der Waals surface area contributed by atoms with Gasteiger partial charge in [0.25, 0.3) is 0 Å². The zero-order valence-corrected chi connectivity index (χ0v) is 33.1. The average Bonchev–Trinajstić information content (AvgIpc) is 3.38. The first-order valence-electron chi connectivity index (χ1n) is 19.2. The Morgan fingerprint density at radius 3 is 2.22 bits per heavy atom. The number of methoxy groups -OCH3 is 1. The number of aliphatic hydroxyl groups excluding tert-OH is 3. The van der Waals surface area contributed by atoms with E-state index in [0.29, 0.717) is 32.2 Å². The Labute approximate surface area is 305 Å². The Balaban J connectivity index is 1.82. The van der Waals surface area contributed by atoms with Gasteiger partial charge in [-0.3, -0.25) is 9.69 Å². The van der Waals surface area contributed by atoms with Crippen LogP contribution in [0.5, 0.6) is 0 Å². The Morgan fingerprint density at radius 1 is 0.941 bits per heavy atom. The number of rotatable bonds is 9. The van der Waals surface area contributed by atoms with Crippen LogP contribution in [-0.4, -0.2) is 143 Å². The van der Waals surface area contributed by atoms with Crippen molar-refractivity contribution in [1.82, 2.24) is 4.90 Å². The molecule has 0 saturated carbocycles. The van der Waals surface area contributed by atoms with Crippen LogP contribution >= 0.6 is 0 Å². The van der Waals surface area contributed by atoms with E-state index < -0.39 is 89.7 Å². The predicted molar refractivity (Wildman–Crippen MR) is 189 cm³/mol. The molecule has 4 N–H and O–H groups in total. The third kappa shape index (κ3) is 9.12. The van der Waals surface area contributed by atoms with Gasteiger partial charge in [0.1, 0.15) is 17.8 Å². The van der Waals surface area contributed by atoms with Crippen molar-refractivity contribution in [2.75, 3.05) is 27.3 Å². The second kappa shape index (κ2) is 16.8. The van der Waals surface area contributed by atoms with Crippen LogP contribution < -0.4 is 0 Å². The summed E-state index contributed by atoms with van der Waals surface area (Å²) in [5.74, 6) is -2.61. The summed E-state index contributed by atoms with van der Waals surface area (Å²) in [7, 11) is 3.53. The van der Waals surface area contributed by atoms with E-state index in [2.05, 4.69) is 6.92 Å². The van der Waals surface area contributed by atoms with Crippen molar-refractivity contribution in [2.45, 2.75) is 186 Å². The second-order valence-corrected chi connectivity index (χ2v) is 17.0. The summed E-state index contributed by atoms with van der Waals surface area (Å²) >= 11 is 0. The molecule has 4 fully saturated rings. The van der Waals surface area contributed by atoms with Crippen LogP contribution in [0.15, 0.2) is 0 Å². The Hall–Kier alpha value is -0.970. The van der Waals surface area contributed by atoms with Crippen molar-refractivity contribution in [1.29, 1.82) is 0 Å². The number of ether oxygens (including phenoxy) is 7. The molecule has 0 unspecified atom stereocenters. The molecule has 18 atom stereocenters. The van der Waals surface area contributed by atoms with Crippen molar-refractivity contribution in [2.24, 2.45) is 23.7 Å². The zero-order chi connectivity index (χ0) is 38.2. The largest absolute Gasteiger partial charge is 0.459 e. The molecule has 2 bridgehead atoms. The van der Waals surface area contributed by atoms with Crippen LogP contribution in [0.1, 0.15) is 101 Å². The Bertz CT molecular complexity index is 1140.